The van der Waals surface area contributed by atoms with Gasteiger partial charge in [-0.2, -0.15) is 5.10 Å². The summed E-state index contributed by atoms with van der Waals surface area (Å²) in [6.45, 7) is 3.84. The third-order valence-electron chi connectivity index (χ3n) is 3.82. The average molecular weight is 348 g/mol. The third kappa shape index (κ3) is 4.16. The summed E-state index contributed by atoms with van der Waals surface area (Å²) in [6, 6.07) is 18.8. The van der Waals surface area contributed by atoms with E-state index >= 15 is 0 Å². The number of nitrogens with zero attached hydrogens (tertiary/aromatic N) is 2. The van der Waals surface area contributed by atoms with Crippen molar-refractivity contribution in [2.24, 2.45) is 0 Å². The van der Waals surface area contributed by atoms with Crippen LogP contribution in [-0.2, 0) is 11.3 Å². The van der Waals surface area contributed by atoms with Crippen molar-refractivity contribution in [1.29, 1.82) is 0 Å². The van der Waals surface area contributed by atoms with E-state index in [0.29, 0.717) is 12.4 Å². The molecule has 3 rings (SSSR count). The summed E-state index contributed by atoms with van der Waals surface area (Å²) >= 11 is 0. The molecule has 2 N–H and O–H groups in total. The molecule has 0 saturated heterocycles. The van der Waals surface area contributed by atoms with Crippen LogP contribution in [-0.4, -0.2) is 21.6 Å². The number of carbonyl (C=O) groups excluding carboxylic acids is 2. The smallest absolute Gasteiger partial charge is 0.272 e. The molecule has 0 radical (unpaired) electrons. The summed E-state index contributed by atoms with van der Waals surface area (Å²) < 4.78 is 1.54. The number of hydrogen-bond donors (Lipinski definition) is 2. The average Bonchev–Trinajstić information content (AvgIpc) is 3.05. The van der Waals surface area contributed by atoms with Gasteiger partial charge in [0.2, 0.25) is 5.91 Å². The predicted octanol–water partition coefficient (Wildman–Crippen LogP) is 3.07. The van der Waals surface area contributed by atoms with E-state index in [-0.39, 0.29) is 17.5 Å². The first-order valence-corrected chi connectivity index (χ1v) is 8.30. The lowest BCUT2D eigenvalue weighted by molar-refractivity contribution is -0.114. The molecule has 0 aliphatic heterocycles. The summed E-state index contributed by atoms with van der Waals surface area (Å²) in [7, 11) is 0. The molecule has 3 aromatic rings. The highest BCUT2D eigenvalue weighted by atomic mass is 16.2. The number of aryl methyl sites for hydroxylation is 1. The van der Waals surface area contributed by atoms with Gasteiger partial charge in [-0.1, -0.05) is 48.0 Å². The Bertz CT molecular complexity index is 915. The zero-order chi connectivity index (χ0) is 18.5. The standard InChI is InChI=1S/C20H20N4O2/c1-14-8-10-16(11-9-14)13-21-20(26)18-12-19(22-15(2)25)24(23-18)17-6-4-3-5-7-17/h3-12H,13H2,1-2H3,(H,21,26)(H,22,25). The van der Waals surface area contributed by atoms with Gasteiger partial charge in [-0.25, -0.2) is 4.68 Å². The van der Waals surface area contributed by atoms with Crippen LogP contribution in [0.25, 0.3) is 5.69 Å². The number of rotatable bonds is 5. The molecule has 0 saturated carbocycles. The van der Waals surface area contributed by atoms with Crippen molar-refractivity contribution in [1.82, 2.24) is 15.1 Å². The zero-order valence-corrected chi connectivity index (χ0v) is 14.7. The van der Waals surface area contributed by atoms with Gasteiger partial charge < -0.3 is 10.6 Å². The molecule has 6 nitrogen and oxygen atoms in total. The van der Waals surface area contributed by atoms with Crippen LogP contribution < -0.4 is 10.6 Å². The number of anilines is 1. The third-order valence-corrected chi connectivity index (χ3v) is 3.82. The molecule has 2 amide bonds. The summed E-state index contributed by atoms with van der Waals surface area (Å²) in [5.74, 6) is -0.0789. The van der Waals surface area contributed by atoms with Gasteiger partial charge in [-0.05, 0) is 24.6 Å². The number of carbonyl (C=O) groups is 2. The van der Waals surface area contributed by atoms with E-state index in [1.165, 1.54) is 12.5 Å². The SMILES string of the molecule is CC(=O)Nc1cc(C(=O)NCc2ccc(C)cc2)nn1-c1ccccc1. The van der Waals surface area contributed by atoms with Gasteiger partial charge in [-0.15, -0.1) is 0 Å². The Balaban J connectivity index is 1.80. The van der Waals surface area contributed by atoms with Crippen LogP contribution in [0.3, 0.4) is 0 Å². The summed E-state index contributed by atoms with van der Waals surface area (Å²) in [6.07, 6.45) is 0. The van der Waals surface area contributed by atoms with Gasteiger partial charge in [0.1, 0.15) is 5.82 Å². The molecule has 2 aromatic carbocycles. The molecule has 0 atom stereocenters. The van der Waals surface area contributed by atoms with Crippen LogP contribution in [0, 0.1) is 6.92 Å². The Hall–Kier alpha value is -3.41. The molecule has 1 heterocycles. The number of amides is 2. The topological polar surface area (TPSA) is 76.0 Å². The Morgan fingerprint density at radius 1 is 1.04 bits per heavy atom. The molecule has 132 valence electrons. The van der Waals surface area contributed by atoms with Gasteiger partial charge in [0.05, 0.1) is 5.69 Å². The fraction of sp³-hybridized carbons (Fsp3) is 0.150. The van der Waals surface area contributed by atoms with E-state index in [9.17, 15) is 9.59 Å². The number of nitrogens with one attached hydrogen (secondary N) is 2. The maximum Gasteiger partial charge on any atom is 0.272 e. The van der Waals surface area contributed by atoms with Crippen LogP contribution in [0.4, 0.5) is 5.82 Å². The first kappa shape index (κ1) is 17.4. The Morgan fingerprint density at radius 3 is 2.38 bits per heavy atom. The first-order valence-electron chi connectivity index (χ1n) is 8.30. The van der Waals surface area contributed by atoms with Crippen molar-refractivity contribution in [2.75, 3.05) is 5.32 Å². The predicted molar refractivity (Wildman–Crippen MR) is 100 cm³/mol. The number of benzene rings is 2. The molecule has 0 spiro atoms. The normalized spacial score (nSPS) is 10.4. The minimum Gasteiger partial charge on any atom is -0.347 e. The van der Waals surface area contributed by atoms with Crippen molar-refractivity contribution in [2.45, 2.75) is 20.4 Å². The van der Waals surface area contributed by atoms with Crippen LogP contribution in [0.1, 0.15) is 28.5 Å². The van der Waals surface area contributed by atoms with E-state index in [2.05, 4.69) is 15.7 Å². The van der Waals surface area contributed by atoms with E-state index < -0.39 is 0 Å². The Kier molecular flexibility index (Phi) is 5.12. The first-order chi connectivity index (χ1) is 12.5. The highest BCUT2D eigenvalue weighted by Crippen LogP contribution is 2.17. The summed E-state index contributed by atoms with van der Waals surface area (Å²) in [5, 5.41) is 9.91. The van der Waals surface area contributed by atoms with Crippen molar-refractivity contribution in [3.8, 4) is 5.69 Å². The minimum atomic E-state index is -0.299. The quantitative estimate of drug-likeness (QED) is 0.744. The molecular formula is C20H20N4O2. The number of hydrogen-bond acceptors (Lipinski definition) is 3. The van der Waals surface area contributed by atoms with Gasteiger partial charge in [-0.3, -0.25) is 9.59 Å². The van der Waals surface area contributed by atoms with Crippen LogP contribution in [0.15, 0.2) is 60.7 Å². The van der Waals surface area contributed by atoms with E-state index in [1.807, 2.05) is 61.5 Å². The zero-order valence-electron chi connectivity index (χ0n) is 14.7. The molecule has 0 unspecified atom stereocenters. The molecule has 1 aromatic heterocycles. The highest BCUT2D eigenvalue weighted by Gasteiger charge is 2.16. The second-order valence-corrected chi connectivity index (χ2v) is 6.01. The Labute approximate surface area is 151 Å². The van der Waals surface area contributed by atoms with Crippen molar-refractivity contribution >= 4 is 17.6 Å². The van der Waals surface area contributed by atoms with Crippen LogP contribution >= 0.6 is 0 Å². The second kappa shape index (κ2) is 7.65. The minimum absolute atomic E-state index is 0.228. The molecule has 6 heteroatoms. The lowest BCUT2D eigenvalue weighted by Gasteiger charge is -2.06. The number of para-hydroxylation sites is 1. The number of aromatic nitrogens is 2. The maximum atomic E-state index is 12.5. The van der Waals surface area contributed by atoms with Crippen molar-refractivity contribution in [3.63, 3.8) is 0 Å². The Morgan fingerprint density at radius 2 is 1.73 bits per heavy atom. The highest BCUT2D eigenvalue weighted by molar-refractivity contribution is 5.95. The van der Waals surface area contributed by atoms with Crippen LogP contribution in [0.2, 0.25) is 0 Å². The van der Waals surface area contributed by atoms with Gasteiger partial charge in [0.25, 0.3) is 5.91 Å². The van der Waals surface area contributed by atoms with Crippen molar-refractivity contribution < 1.29 is 9.59 Å². The van der Waals surface area contributed by atoms with Gasteiger partial charge in [0.15, 0.2) is 5.69 Å². The molecule has 0 aliphatic carbocycles. The molecular weight excluding hydrogens is 328 g/mol. The maximum absolute atomic E-state index is 12.5. The monoisotopic (exact) mass is 348 g/mol. The molecule has 0 aliphatic rings. The van der Waals surface area contributed by atoms with Crippen molar-refractivity contribution in [3.05, 3.63) is 77.5 Å². The lowest BCUT2D eigenvalue weighted by Crippen LogP contribution is -2.23. The summed E-state index contributed by atoms with van der Waals surface area (Å²) in [5.41, 5.74) is 3.17. The van der Waals surface area contributed by atoms with E-state index in [1.54, 1.807) is 10.7 Å². The molecule has 0 bridgehead atoms. The van der Waals surface area contributed by atoms with Gasteiger partial charge >= 0.3 is 0 Å². The summed E-state index contributed by atoms with van der Waals surface area (Å²) in [4.78, 5) is 23.9. The van der Waals surface area contributed by atoms with Crippen LogP contribution in [0.5, 0.6) is 0 Å². The molecule has 0 fully saturated rings. The van der Waals surface area contributed by atoms with E-state index in [4.69, 9.17) is 0 Å². The fourth-order valence-electron chi connectivity index (χ4n) is 2.51. The molecule has 26 heavy (non-hydrogen) atoms. The lowest BCUT2D eigenvalue weighted by atomic mass is 10.1. The van der Waals surface area contributed by atoms with E-state index in [0.717, 1.165) is 11.3 Å². The fourth-order valence-corrected chi connectivity index (χ4v) is 2.51. The largest absolute Gasteiger partial charge is 0.347 e. The van der Waals surface area contributed by atoms with Gasteiger partial charge in [0, 0.05) is 19.5 Å². The second-order valence-electron chi connectivity index (χ2n) is 6.01.